The number of benzene rings is 3. The van der Waals surface area contributed by atoms with E-state index in [4.69, 9.17) is 22.3 Å². The van der Waals surface area contributed by atoms with E-state index in [9.17, 15) is 4.79 Å². The van der Waals surface area contributed by atoms with Gasteiger partial charge in [-0.3, -0.25) is 14.5 Å². The second-order valence-corrected chi connectivity index (χ2v) is 8.33. The summed E-state index contributed by atoms with van der Waals surface area (Å²) in [7, 11) is 0. The lowest BCUT2D eigenvalue weighted by molar-refractivity contribution is 0.971. The summed E-state index contributed by atoms with van der Waals surface area (Å²) in [6.07, 6.45) is 0. The molecule has 5 aromatic rings. The molecule has 152 valence electrons. The molecule has 6 nitrogen and oxygen atoms in total. The Morgan fingerprint density at radius 3 is 2.42 bits per heavy atom. The number of halogens is 2. The number of aromatic nitrogens is 4. The normalized spacial score (nSPS) is 11.2. The molecule has 0 aliphatic heterocycles. The average molecular weight is 493 g/mol. The van der Waals surface area contributed by atoms with Crippen LogP contribution in [0.3, 0.4) is 0 Å². The van der Waals surface area contributed by atoms with Gasteiger partial charge in [0.2, 0.25) is 0 Å². The Kier molecular flexibility index (Phi) is 4.84. The highest BCUT2D eigenvalue weighted by Gasteiger charge is 2.20. The Morgan fingerprint density at radius 2 is 1.71 bits per heavy atom. The highest BCUT2D eigenvalue weighted by Crippen LogP contribution is 2.28. The zero-order valence-electron chi connectivity index (χ0n) is 16.0. The van der Waals surface area contributed by atoms with Gasteiger partial charge in [0.15, 0.2) is 5.65 Å². The van der Waals surface area contributed by atoms with Crippen molar-refractivity contribution in [2.75, 3.05) is 5.73 Å². The Hall–Kier alpha value is -3.42. The molecule has 0 amide bonds. The van der Waals surface area contributed by atoms with Crippen LogP contribution in [-0.2, 0) is 0 Å². The third-order valence-electron chi connectivity index (χ3n) is 4.94. The maximum absolute atomic E-state index is 13.8. The second kappa shape index (κ2) is 7.68. The second-order valence-electron chi connectivity index (χ2n) is 6.98. The summed E-state index contributed by atoms with van der Waals surface area (Å²) in [5.41, 5.74) is 9.39. The minimum absolute atomic E-state index is 0.239. The van der Waals surface area contributed by atoms with E-state index in [0.29, 0.717) is 38.9 Å². The fraction of sp³-hybridized carbons (Fsp3) is 0. The van der Waals surface area contributed by atoms with Gasteiger partial charge in [-0.1, -0.05) is 51.8 Å². The number of nitrogens with one attached hydrogen (secondary N) is 1. The van der Waals surface area contributed by atoms with Crippen LogP contribution in [0.2, 0.25) is 5.02 Å². The number of hydrogen-bond donors (Lipinski definition) is 2. The van der Waals surface area contributed by atoms with Gasteiger partial charge in [-0.05, 0) is 48.5 Å². The summed E-state index contributed by atoms with van der Waals surface area (Å²) < 4.78 is 2.51. The number of H-pyrrole nitrogens is 1. The first-order chi connectivity index (χ1) is 15.0. The standard InChI is InChI=1S/C23H15BrClN5O/c24-15-6-4-13(5-7-15)22-27-21-19(20(28-29-21)14-2-1-3-17(26)12-14)23(31)30(22)18-10-8-16(25)9-11-18/h1-12H,26H2,(H,28,29). The number of fused-ring (bicyclic) bond motifs is 1. The van der Waals surface area contributed by atoms with Crippen LogP contribution in [-0.4, -0.2) is 19.7 Å². The Bertz CT molecular complexity index is 1470. The van der Waals surface area contributed by atoms with Gasteiger partial charge in [0.05, 0.1) is 5.69 Å². The van der Waals surface area contributed by atoms with Crippen molar-refractivity contribution in [3.8, 4) is 28.3 Å². The lowest BCUT2D eigenvalue weighted by Crippen LogP contribution is -2.22. The fourth-order valence-electron chi connectivity index (χ4n) is 3.50. The van der Waals surface area contributed by atoms with Gasteiger partial charge in [-0.2, -0.15) is 5.10 Å². The van der Waals surface area contributed by atoms with E-state index in [0.717, 1.165) is 15.6 Å². The maximum atomic E-state index is 13.8. The SMILES string of the molecule is Nc1cccc(-c2n[nH]c3nc(-c4ccc(Br)cc4)n(-c4ccc(Cl)cc4)c(=O)c23)c1. The summed E-state index contributed by atoms with van der Waals surface area (Å²) in [6.45, 7) is 0. The number of nitrogen functional groups attached to an aromatic ring is 1. The number of aromatic amines is 1. The molecule has 0 spiro atoms. The first-order valence-corrected chi connectivity index (χ1v) is 10.6. The number of rotatable bonds is 3. The molecule has 3 N–H and O–H groups in total. The predicted molar refractivity (Wildman–Crippen MR) is 127 cm³/mol. The van der Waals surface area contributed by atoms with Crippen molar-refractivity contribution in [1.29, 1.82) is 0 Å². The average Bonchev–Trinajstić information content (AvgIpc) is 3.20. The van der Waals surface area contributed by atoms with Crippen LogP contribution in [0, 0.1) is 0 Å². The summed E-state index contributed by atoms with van der Waals surface area (Å²) in [5.74, 6) is 0.495. The molecule has 0 unspecified atom stereocenters. The van der Waals surface area contributed by atoms with Gasteiger partial charge in [-0.25, -0.2) is 4.98 Å². The van der Waals surface area contributed by atoms with Crippen LogP contribution in [0.25, 0.3) is 39.4 Å². The van der Waals surface area contributed by atoms with Crippen molar-refractivity contribution < 1.29 is 0 Å². The molecule has 0 bridgehead atoms. The number of anilines is 1. The lowest BCUT2D eigenvalue weighted by atomic mass is 10.1. The molecular formula is C23H15BrClN5O. The molecule has 0 atom stereocenters. The summed E-state index contributed by atoms with van der Waals surface area (Å²) in [5, 5.41) is 8.26. The van der Waals surface area contributed by atoms with Crippen molar-refractivity contribution in [2.45, 2.75) is 0 Å². The smallest absolute Gasteiger partial charge is 0.270 e. The van der Waals surface area contributed by atoms with Crippen molar-refractivity contribution in [3.05, 3.63) is 92.6 Å². The molecule has 0 radical (unpaired) electrons. The molecule has 2 aromatic heterocycles. The van der Waals surface area contributed by atoms with E-state index in [1.165, 1.54) is 0 Å². The molecule has 3 aromatic carbocycles. The molecule has 2 heterocycles. The number of hydrogen-bond acceptors (Lipinski definition) is 4. The zero-order valence-corrected chi connectivity index (χ0v) is 18.4. The van der Waals surface area contributed by atoms with Gasteiger partial charge in [0.25, 0.3) is 5.56 Å². The topological polar surface area (TPSA) is 89.6 Å². The molecule has 0 aliphatic carbocycles. The Morgan fingerprint density at radius 1 is 0.968 bits per heavy atom. The van der Waals surface area contributed by atoms with Gasteiger partial charge < -0.3 is 5.73 Å². The monoisotopic (exact) mass is 491 g/mol. The maximum Gasteiger partial charge on any atom is 0.270 e. The van der Waals surface area contributed by atoms with Crippen LogP contribution in [0.5, 0.6) is 0 Å². The lowest BCUT2D eigenvalue weighted by Gasteiger charge is -2.13. The fourth-order valence-corrected chi connectivity index (χ4v) is 3.89. The first-order valence-electron chi connectivity index (χ1n) is 9.40. The van der Waals surface area contributed by atoms with E-state index in [1.807, 2.05) is 36.4 Å². The van der Waals surface area contributed by atoms with Crippen molar-refractivity contribution in [3.63, 3.8) is 0 Å². The molecule has 0 fully saturated rings. The quantitative estimate of drug-likeness (QED) is 0.328. The van der Waals surface area contributed by atoms with Crippen LogP contribution in [0.1, 0.15) is 0 Å². The molecule has 0 aliphatic rings. The molecule has 0 saturated carbocycles. The van der Waals surface area contributed by atoms with Crippen molar-refractivity contribution >= 4 is 44.3 Å². The van der Waals surface area contributed by atoms with Gasteiger partial charge >= 0.3 is 0 Å². The number of nitrogens with two attached hydrogens (primary N) is 1. The molecule has 5 rings (SSSR count). The van der Waals surface area contributed by atoms with E-state index in [-0.39, 0.29) is 5.56 Å². The Balaban J connectivity index is 1.85. The highest BCUT2D eigenvalue weighted by atomic mass is 79.9. The Labute approximate surface area is 190 Å². The van der Waals surface area contributed by atoms with E-state index in [1.54, 1.807) is 41.0 Å². The molecule has 8 heteroatoms. The third kappa shape index (κ3) is 3.52. The minimum Gasteiger partial charge on any atom is -0.399 e. The van der Waals surface area contributed by atoms with Crippen LogP contribution < -0.4 is 11.3 Å². The van der Waals surface area contributed by atoms with Crippen molar-refractivity contribution in [1.82, 2.24) is 19.7 Å². The first kappa shape index (κ1) is 19.5. The van der Waals surface area contributed by atoms with E-state index in [2.05, 4.69) is 26.1 Å². The molecular weight excluding hydrogens is 478 g/mol. The van der Waals surface area contributed by atoms with Gasteiger partial charge in [0, 0.05) is 26.3 Å². The molecule has 0 saturated heterocycles. The summed E-state index contributed by atoms with van der Waals surface area (Å²) in [6, 6.07) is 21.9. The molecule has 31 heavy (non-hydrogen) atoms. The van der Waals surface area contributed by atoms with E-state index < -0.39 is 0 Å². The van der Waals surface area contributed by atoms with E-state index >= 15 is 0 Å². The summed E-state index contributed by atoms with van der Waals surface area (Å²) in [4.78, 5) is 18.6. The van der Waals surface area contributed by atoms with Crippen LogP contribution in [0.4, 0.5) is 5.69 Å². The third-order valence-corrected chi connectivity index (χ3v) is 5.72. The number of nitrogens with zero attached hydrogens (tertiary/aromatic N) is 3. The van der Waals surface area contributed by atoms with Crippen LogP contribution >= 0.6 is 27.5 Å². The predicted octanol–water partition coefficient (Wildman–Crippen LogP) is 5.44. The summed E-state index contributed by atoms with van der Waals surface area (Å²) >= 11 is 9.52. The zero-order chi connectivity index (χ0) is 21.5. The van der Waals surface area contributed by atoms with Gasteiger partial charge in [-0.15, -0.1) is 0 Å². The van der Waals surface area contributed by atoms with Gasteiger partial charge in [0.1, 0.15) is 16.9 Å². The largest absolute Gasteiger partial charge is 0.399 e. The van der Waals surface area contributed by atoms with Crippen LogP contribution in [0.15, 0.2) is 82.1 Å². The van der Waals surface area contributed by atoms with Crippen molar-refractivity contribution in [2.24, 2.45) is 0 Å². The minimum atomic E-state index is -0.239. The highest BCUT2D eigenvalue weighted by molar-refractivity contribution is 9.10.